The third-order valence-corrected chi connectivity index (χ3v) is 5.39. The number of guanidine groups is 1. The molecule has 1 aromatic rings. The van der Waals surface area contributed by atoms with E-state index < -0.39 is 15.6 Å². The first-order chi connectivity index (χ1) is 12.2. The molecule has 0 saturated heterocycles. The molecule has 1 rings (SSSR count). The van der Waals surface area contributed by atoms with E-state index in [1.807, 2.05) is 33.8 Å². The van der Waals surface area contributed by atoms with Crippen LogP contribution < -0.4 is 15.4 Å². The summed E-state index contributed by atoms with van der Waals surface area (Å²) in [6.45, 7) is 11.6. The number of rotatable bonds is 9. The summed E-state index contributed by atoms with van der Waals surface area (Å²) in [5, 5.41) is 6.50. The number of benzene rings is 1. The Morgan fingerprint density at radius 1 is 1.08 bits per heavy atom. The van der Waals surface area contributed by atoms with Gasteiger partial charge < -0.3 is 10.6 Å². The van der Waals surface area contributed by atoms with E-state index in [-0.39, 0.29) is 4.90 Å². The molecule has 0 aliphatic rings. The monoisotopic (exact) mass is 382 g/mol. The zero-order valence-corrected chi connectivity index (χ0v) is 17.5. The highest BCUT2D eigenvalue weighted by Crippen LogP contribution is 2.18. The minimum absolute atomic E-state index is 0.278. The van der Waals surface area contributed by atoms with Crippen LogP contribution in [0.4, 0.5) is 0 Å². The molecule has 0 aliphatic carbocycles. The van der Waals surface area contributed by atoms with Crippen LogP contribution in [-0.4, -0.2) is 33.0 Å². The maximum absolute atomic E-state index is 12.7. The maximum Gasteiger partial charge on any atom is 0.241 e. The van der Waals surface area contributed by atoms with Gasteiger partial charge in [0.05, 0.1) is 11.4 Å². The number of sulfonamides is 1. The van der Waals surface area contributed by atoms with Crippen molar-refractivity contribution in [1.29, 1.82) is 0 Å². The lowest BCUT2D eigenvalue weighted by Gasteiger charge is -2.21. The fraction of sp³-hybridized carbons (Fsp3) is 0.632. The number of unbranched alkanes of at least 4 members (excludes halogenated alkanes) is 2. The number of nitrogens with one attached hydrogen (secondary N) is 3. The Labute approximate surface area is 158 Å². The molecule has 148 valence electrons. The van der Waals surface area contributed by atoms with Gasteiger partial charge in [-0.15, -0.1) is 0 Å². The summed E-state index contributed by atoms with van der Waals surface area (Å²) in [4.78, 5) is 4.83. The van der Waals surface area contributed by atoms with Crippen LogP contribution in [0.3, 0.4) is 0 Å². The van der Waals surface area contributed by atoms with Crippen molar-refractivity contribution in [3.05, 3.63) is 29.8 Å². The molecular weight excluding hydrogens is 348 g/mol. The molecule has 0 radical (unpaired) electrons. The molecule has 0 fully saturated rings. The molecule has 0 bridgehead atoms. The van der Waals surface area contributed by atoms with Crippen molar-refractivity contribution >= 4 is 16.0 Å². The van der Waals surface area contributed by atoms with Gasteiger partial charge in [0.25, 0.3) is 0 Å². The van der Waals surface area contributed by atoms with E-state index in [0.29, 0.717) is 18.1 Å². The summed E-state index contributed by atoms with van der Waals surface area (Å²) in [7, 11) is -3.59. The van der Waals surface area contributed by atoms with Gasteiger partial charge in [0.1, 0.15) is 0 Å². The van der Waals surface area contributed by atoms with Crippen molar-refractivity contribution in [3.8, 4) is 0 Å². The van der Waals surface area contributed by atoms with Crippen molar-refractivity contribution in [2.45, 2.75) is 70.9 Å². The third kappa shape index (κ3) is 8.19. The fourth-order valence-electron chi connectivity index (χ4n) is 2.44. The topological polar surface area (TPSA) is 82.6 Å². The molecule has 0 spiro atoms. The lowest BCUT2D eigenvalue weighted by molar-refractivity contribution is 0.491. The molecular formula is C19H34N4O2S. The first kappa shape index (κ1) is 22.4. The predicted molar refractivity (Wildman–Crippen MR) is 109 cm³/mol. The van der Waals surface area contributed by atoms with Gasteiger partial charge in [0.15, 0.2) is 5.96 Å². The molecule has 0 amide bonds. The quantitative estimate of drug-likeness (QED) is 0.348. The van der Waals surface area contributed by atoms with E-state index in [1.165, 1.54) is 12.8 Å². The second-order valence-corrected chi connectivity index (χ2v) is 8.94. The van der Waals surface area contributed by atoms with Crippen LogP contribution in [0.5, 0.6) is 0 Å². The molecule has 0 aliphatic heterocycles. The molecule has 0 atom stereocenters. The highest BCUT2D eigenvalue weighted by Gasteiger charge is 2.24. The van der Waals surface area contributed by atoms with Crippen molar-refractivity contribution in [2.24, 2.45) is 4.99 Å². The van der Waals surface area contributed by atoms with Crippen molar-refractivity contribution < 1.29 is 8.42 Å². The summed E-state index contributed by atoms with van der Waals surface area (Å²) < 4.78 is 28.1. The summed E-state index contributed by atoms with van der Waals surface area (Å²) in [6.07, 6.45) is 3.43. The van der Waals surface area contributed by atoms with Gasteiger partial charge in [0, 0.05) is 18.6 Å². The molecule has 0 saturated carbocycles. The highest BCUT2D eigenvalue weighted by molar-refractivity contribution is 7.89. The number of hydrogen-bond donors (Lipinski definition) is 3. The van der Waals surface area contributed by atoms with Gasteiger partial charge >= 0.3 is 0 Å². The van der Waals surface area contributed by atoms with Crippen LogP contribution in [0.2, 0.25) is 0 Å². The Morgan fingerprint density at radius 2 is 1.77 bits per heavy atom. The molecule has 0 unspecified atom stereocenters. The largest absolute Gasteiger partial charge is 0.357 e. The Morgan fingerprint density at radius 3 is 2.38 bits per heavy atom. The maximum atomic E-state index is 12.7. The molecule has 6 nitrogen and oxygen atoms in total. The zero-order chi connectivity index (χ0) is 19.6. The van der Waals surface area contributed by atoms with Crippen LogP contribution >= 0.6 is 0 Å². The Balaban J connectivity index is 2.94. The lowest BCUT2D eigenvalue weighted by Crippen LogP contribution is -2.40. The Kier molecular flexibility index (Phi) is 9.08. The number of hydrogen-bond acceptors (Lipinski definition) is 3. The molecule has 1 aromatic carbocycles. The first-order valence-corrected chi connectivity index (χ1v) is 10.8. The van der Waals surface area contributed by atoms with Crippen LogP contribution in [-0.2, 0) is 16.6 Å². The van der Waals surface area contributed by atoms with Gasteiger partial charge in [-0.1, -0.05) is 38.0 Å². The van der Waals surface area contributed by atoms with Gasteiger partial charge in [0.2, 0.25) is 10.0 Å². The minimum atomic E-state index is -3.59. The van der Waals surface area contributed by atoms with Crippen molar-refractivity contribution in [3.63, 3.8) is 0 Å². The third-order valence-electron chi connectivity index (χ3n) is 3.53. The van der Waals surface area contributed by atoms with E-state index in [4.69, 9.17) is 0 Å². The normalized spacial score (nSPS) is 12.9. The van der Waals surface area contributed by atoms with Crippen molar-refractivity contribution in [2.75, 3.05) is 13.1 Å². The first-order valence-electron chi connectivity index (χ1n) is 9.33. The SMILES string of the molecule is CCCCCNC(=NCc1ccccc1S(=O)(=O)NC(C)(C)C)NCC. The van der Waals surface area contributed by atoms with Gasteiger partial charge in [-0.05, 0) is 45.7 Å². The van der Waals surface area contributed by atoms with Gasteiger partial charge in [-0.25, -0.2) is 18.1 Å². The number of nitrogens with zero attached hydrogens (tertiary/aromatic N) is 1. The molecule has 7 heteroatoms. The van der Waals surface area contributed by atoms with Crippen LogP contribution in [0.1, 0.15) is 59.4 Å². The lowest BCUT2D eigenvalue weighted by atomic mass is 10.1. The summed E-state index contributed by atoms with van der Waals surface area (Å²) in [5.41, 5.74) is 0.139. The van der Waals surface area contributed by atoms with Crippen LogP contribution in [0.15, 0.2) is 34.2 Å². The van der Waals surface area contributed by atoms with E-state index >= 15 is 0 Å². The zero-order valence-electron chi connectivity index (χ0n) is 16.7. The minimum Gasteiger partial charge on any atom is -0.357 e. The van der Waals surface area contributed by atoms with E-state index in [9.17, 15) is 8.42 Å². The van der Waals surface area contributed by atoms with Crippen molar-refractivity contribution in [1.82, 2.24) is 15.4 Å². The Bertz CT molecular complexity index is 679. The smallest absolute Gasteiger partial charge is 0.241 e. The van der Waals surface area contributed by atoms with Gasteiger partial charge in [-0.2, -0.15) is 0 Å². The molecule has 26 heavy (non-hydrogen) atoms. The summed E-state index contributed by atoms with van der Waals surface area (Å²) in [6, 6.07) is 7.00. The van der Waals surface area contributed by atoms with E-state index in [2.05, 4.69) is 27.3 Å². The molecule has 3 N–H and O–H groups in total. The standard InChI is InChI=1S/C19H34N4O2S/c1-6-8-11-14-21-18(20-7-2)22-15-16-12-9-10-13-17(16)26(24,25)23-19(3,4)5/h9-10,12-13,23H,6-8,11,14-15H2,1-5H3,(H2,20,21,22). The fourth-order valence-corrected chi connectivity index (χ4v) is 4.09. The van der Waals surface area contributed by atoms with Crippen LogP contribution in [0.25, 0.3) is 0 Å². The second-order valence-electron chi connectivity index (χ2n) is 7.29. The molecule has 0 aromatic heterocycles. The summed E-state index contributed by atoms with van der Waals surface area (Å²) in [5.74, 6) is 0.708. The highest BCUT2D eigenvalue weighted by atomic mass is 32.2. The van der Waals surface area contributed by atoms with E-state index in [0.717, 1.165) is 19.5 Å². The average Bonchev–Trinajstić information content (AvgIpc) is 2.54. The average molecular weight is 383 g/mol. The molecule has 0 heterocycles. The van der Waals surface area contributed by atoms with E-state index in [1.54, 1.807) is 18.2 Å². The summed E-state index contributed by atoms with van der Waals surface area (Å²) >= 11 is 0. The van der Waals surface area contributed by atoms with Crippen LogP contribution in [0, 0.1) is 0 Å². The Hall–Kier alpha value is -1.60. The van der Waals surface area contributed by atoms with Gasteiger partial charge in [-0.3, -0.25) is 0 Å². The number of aliphatic imine (C=N–C) groups is 1. The predicted octanol–water partition coefficient (Wildman–Crippen LogP) is 3.01. The second kappa shape index (κ2) is 10.5.